The van der Waals surface area contributed by atoms with E-state index < -0.39 is 6.09 Å². The van der Waals surface area contributed by atoms with E-state index in [0.717, 1.165) is 55.0 Å². The van der Waals surface area contributed by atoms with Crippen molar-refractivity contribution in [2.75, 3.05) is 31.6 Å². The van der Waals surface area contributed by atoms with Gasteiger partial charge in [0.1, 0.15) is 5.75 Å². The van der Waals surface area contributed by atoms with Gasteiger partial charge < -0.3 is 14.7 Å². The van der Waals surface area contributed by atoms with Crippen molar-refractivity contribution < 1.29 is 14.6 Å². The SMILES string of the molecule is COc1ccccc1-c1ccccc1N(C(=O)O)C1CN2CCC1CC2. The Kier molecular flexibility index (Phi) is 4.55. The van der Waals surface area contributed by atoms with E-state index in [1.807, 2.05) is 48.5 Å². The van der Waals surface area contributed by atoms with Crippen molar-refractivity contribution in [3.8, 4) is 16.9 Å². The maximum Gasteiger partial charge on any atom is 0.412 e. The lowest BCUT2D eigenvalue weighted by Crippen LogP contribution is -2.58. The van der Waals surface area contributed by atoms with Gasteiger partial charge in [-0.25, -0.2) is 4.79 Å². The molecule has 2 aromatic carbocycles. The van der Waals surface area contributed by atoms with Crippen molar-refractivity contribution in [3.63, 3.8) is 0 Å². The van der Waals surface area contributed by atoms with Gasteiger partial charge in [-0.15, -0.1) is 0 Å². The second kappa shape index (κ2) is 7.00. The molecule has 0 saturated carbocycles. The number of hydrogen-bond donors (Lipinski definition) is 1. The van der Waals surface area contributed by atoms with Crippen LogP contribution >= 0.6 is 0 Å². The van der Waals surface area contributed by atoms with Crippen LogP contribution in [0.15, 0.2) is 48.5 Å². The van der Waals surface area contributed by atoms with E-state index in [1.54, 1.807) is 12.0 Å². The zero-order valence-electron chi connectivity index (χ0n) is 15.0. The molecule has 136 valence electrons. The molecule has 26 heavy (non-hydrogen) atoms. The fraction of sp³-hybridized carbons (Fsp3) is 0.381. The van der Waals surface area contributed by atoms with Gasteiger partial charge in [0.15, 0.2) is 0 Å². The van der Waals surface area contributed by atoms with Crippen LogP contribution in [0.1, 0.15) is 12.8 Å². The molecular weight excluding hydrogens is 328 g/mol. The number of amides is 1. The molecular formula is C21H24N2O3. The third kappa shape index (κ3) is 2.92. The summed E-state index contributed by atoms with van der Waals surface area (Å²) in [5.41, 5.74) is 2.55. The molecule has 1 amide bonds. The first-order valence-electron chi connectivity index (χ1n) is 9.16. The van der Waals surface area contributed by atoms with Crippen molar-refractivity contribution >= 4 is 11.8 Å². The second-order valence-electron chi connectivity index (χ2n) is 7.08. The van der Waals surface area contributed by atoms with Crippen molar-refractivity contribution in [2.45, 2.75) is 18.9 Å². The lowest BCUT2D eigenvalue weighted by Gasteiger charge is -2.48. The summed E-state index contributed by atoms with van der Waals surface area (Å²) in [6.45, 7) is 2.99. The van der Waals surface area contributed by atoms with Crippen molar-refractivity contribution in [1.82, 2.24) is 4.90 Å². The third-order valence-corrected chi connectivity index (χ3v) is 5.72. The summed E-state index contributed by atoms with van der Waals surface area (Å²) < 4.78 is 5.52. The smallest absolute Gasteiger partial charge is 0.412 e. The molecule has 0 spiro atoms. The summed E-state index contributed by atoms with van der Waals surface area (Å²) >= 11 is 0. The van der Waals surface area contributed by atoms with E-state index in [0.29, 0.717) is 5.92 Å². The minimum Gasteiger partial charge on any atom is -0.496 e. The number of carboxylic acid groups (broad SMARTS) is 1. The largest absolute Gasteiger partial charge is 0.496 e. The number of carbonyl (C=O) groups is 1. The highest BCUT2D eigenvalue weighted by atomic mass is 16.5. The summed E-state index contributed by atoms with van der Waals surface area (Å²) in [5.74, 6) is 1.18. The minimum absolute atomic E-state index is 0.00542. The molecule has 5 nitrogen and oxygen atoms in total. The van der Waals surface area contributed by atoms with Gasteiger partial charge in [0, 0.05) is 17.7 Å². The van der Waals surface area contributed by atoms with Gasteiger partial charge in [0.2, 0.25) is 0 Å². The van der Waals surface area contributed by atoms with E-state index in [4.69, 9.17) is 4.74 Å². The molecule has 3 heterocycles. The molecule has 5 rings (SSSR count). The Morgan fingerprint density at radius 1 is 1.08 bits per heavy atom. The van der Waals surface area contributed by atoms with Gasteiger partial charge in [0.25, 0.3) is 0 Å². The molecule has 5 heteroatoms. The summed E-state index contributed by atoms with van der Waals surface area (Å²) in [5, 5.41) is 10.1. The summed E-state index contributed by atoms with van der Waals surface area (Å²) in [4.78, 5) is 16.3. The van der Waals surface area contributed by atoms with Crippen molar-refractivity contribution in [2.24, 2.45) is 5.92 Å². The number of fused-ring (bicyclic) bond motifs is 3. The number of rotatable bonds is 4. The van der Waals surface area contributed by atoms with Crippen molar-refractivity contribution in [1.29, 1.82) is 0 Å². The maximum atomic E-state index is 12.3. The normalized spacial score (nSPS) is 24.3. The monoisotopic (exact) mass is 352 g/mol. The number of anilines is 1. The molecule has 3 fully saturated rings. The van der Waals surface area contributed by atoms with Crippen LogP contribution in [-0.4, -0.2) is 48.9 Å². The van der Waals surface area contributed by atoms with Crippen LogP contribution in [0.5, 0.6) is 5.75 Å². The highest BCUT2D eigenvalue weighted by molar-refractivity contribution is 5.94. The van der Waals surface area contributed by atoms with Gasteiger partial charge in [-0.2, -0.15) is 0 Å². The van der Waals surface area contributed by atoms with E-state index in [2.05, 4.69) is 4.90 Å². The van der Waals surface area contributed by atoms with Crippen LogP contribution in [-0.2, 0) is 0 Å². The van der Waals surface area contributed by atoms with Crippen molar-refractivity contribution in [3.05, 3.63) is 48.5 Å². The number of ether oxygens (including phenoxy) is 1. The molecule has 3 saturated heterocycles. The molecule has 1 atom stereocenters. The zero-order chi connectivity index (χ0) is 18.1. The first-order chi connectivity index (χ1) is 12.7. The summed E-state index contributed by atoms with van der Waals surface area (Å²) in [7, 11) is 1.64. The molecule has 3 aliphatic heterocycles. The summed E-state index contributed by atoms with van der Waals surface area (Å²) in [6.07, 6.45) is 1.27. The Morgan fingerprint density at radius 3 is 2.35 bits per heavy atom. The zero-order valence-corrected chi connectivity index (χ0v) is 15.0. The Labute approximate surface area is 153 Å². The average Bonchev–Trinajstić information content (AvgIpc) is 2.69. The predicted octanol–water partition coefficient (Wildman–Crippen LogP) is 3.94. The van der Waals surface area contributed by atoms with E-state index in [-0.39, 0.29) is 6.04 Å². The molecule has 2 aromatic rings. The predicted molar refractivity (Wildman–Crippen MR) is 102 cm³/mol. The minimum atomic E-state index is -0.883. The maximum absolute atomic E-state index is 12.3. The molecule has 1 N–H and O–H groups in total. The molecule has 0 aromatic heterocycles. The standard InChI is InChI=1S/C21H24N2O3/c1-26-20-9-5-3-7-17(20)16-6-2-4-8-18(16)23(21(24)25)19-14-22-12-10-15(19)11-13-22/h2-9,15,19H,10-14H2,1H3,(H,24,25). The topological polar surface area (TPSA) is 53.0 Å². The van der Waals surface area contributed by atoms with Crippen LogP contribution in [0.3, 0.4) is 0 Å². The van der Waals surface area contributed by atoms with Crippen LogP contribution in [0.2, 0.25) is 0 Å². The van der Waals surface area contributed by atoms with Crippen LogP contribution < -0.4 is 9.64 Å². The molecule has 0 aliphatic carbocycles. The fourth-order valence-corrected chi connectivity index (χ4v) is 4.43. The average molecular weight is 352 g/mol. The van der Waals surface area contributed by atoms with E-state index >= 15 is 0 Å². The highest BCUT2D eigenvalue weighted by Gasteiger charge is 2.40. The van der Waals surface area contributed by atoms with Gasteiger partial charge in [-0.3, -0.25) is 4.90 Å². The van der Waals surface area contributed by atoms with Gasteiger partial charge >= 0.3 is 6.09 Å². The van der Waals surface area contributed by atoms with Gasteiger partial charge in [-0.1, -0.05) is 36.4 Å². The number of methoxy groups -OCH3 is 1. The number of nitrogens with zero attached hydrogens (tertiary/aromatic N) is 2. The third-order valence-electron chi connectivity index (χ3n) is 5.72. The molecule has 3 aliphatic rings. The van der Waals surface area contributed by atoms with E-state index in [1.165, 1.54) is 0 Å². The molecule has 2 bridgehead atoms. The van der Waals surface area contributed by atoms with Crippen LogP contribution in [0, 0.1) is 5.92 Å². The number of piperidine rings is 3. The first-order valence-corrected chi connectivity index (χ1v) is 9.16. The van der Waals surface area contributed by atoms with E-state index in [9.17, 15) is 9.90 Å². The van der Waals surface area contributed by atoms with Crippen LogP contribution in [0.25, 0.3) is 11.1 Å². The quantitative estimate of drug-likeness (QED) is 0.905. The van der Waals surface area contributed by atoms with Gasteiger partial charge in [0.05, 0.1) is 18.8 Å². The Hall–Kier alpha value is -2.53. The number of benzene rings is 2. The fourth-order valence-electron chi connectivity index (χ4n) is 4.43. The second-order valence-corrected chi connectivity index (χ2v) is 7.08. The summed E-state index contributed by atoms with van der Waals surface area (Å²) in [6, 6.07) is 15.5. The molecule has 1 unspecified atom stereocenters. The lowest BCUT2D eigenvalue weighted by molar-refractivity contribution is 0.0838. The highest BCUT2D eigenvalue weighted by Crippen LogP contribution is 2.40. The molecule has 0 radical (unpaired) electrons. The number of hydrogen-bond acceptors (Lipinski definition) is 3. The van der Waals surface area contributed by atoms with Crippen LogP contribution in [0.4, 0.5) is 10.5 Å². The Morgan fingerprint density at radius 2 is 1.73 bits per heavy atom. The Bertz CT molecular complexity index is 799. The van der Waals surface area contributed by atoms with Gasteiger partial charge in [-0.05, 0) is 44.0 Å². The lowest BCUT2D eigenvalue weighted by atomic mass is 9.82. The Balaban J connectivity index is 1.80. The first kappa shape index (κ1) is 16.9. The number of para-hydroxylation sites is 2.